The van der Waals surface area contributed by atoms with Crippen LogP contribution < -0.4 is 15.6 Å². The molecule has 0 unspecified atom stereocenters. The summed E-state index contributed by atoms with van der Waals surface area (Å²) in [4.78, 5) is 30.7. The van der Waals surface area contributed by atoms with Crippen LogP contribution in [0, 0.1) is 6.92 Å². The van der Waals surface area contributed by atoms with Crippen LogP contribution in [0.25, 0.3) is 22.3 Å². The number of carbonyl (C=O) groups is 1. The van der Waals surface area contributed by atoms with Gasteiger partial charge in [-0.25, -0.2) is 4.98 Å². The van der Waals surface area contributed by atoms with E-state index in [2.05, 4.69) is 10.3 Å². The number of aromatic nitrogens is 2. The number of rotatable bonds is 5. The summed E-state index contributed by atoms with van der Waals surface area (Å²) in [6.45, 7) is 1.84. The second-order valence-corrected chi connectivity index (χ2v) is 6.99. The number of amides is 1. The van der Waals surface area contributed by atoms with Crippen LogP contribution in [0.2, 0.25) is 0 Å². The number of anilines is 1. The fraction of sp³-hybridized carbons (Fsp3) is 0.125. The molecule has 1 N–H and O–H groups in total. The molecule has 0 aliphatic rings. The predicted molar refractivity (Wildman–Crippen MR) is 118 cm³/mol. The second-order valence-electron chi connectivity index (χ2n) is 6.99. The number of para-hydroxylation sites is 1. The molecule has 30 heavy (non-hydrogen) atoms. The van der Waals surface area contributed by atoms with Crippen molar-refractivity contribution in [2.45, 2.75) is 13.5 Å². The molecule has 6 heteroatoms. The minimum Gasteiger partial charge on any atom is -0.497 e. The number of methoxy groups -OCH3 is 1. The summed E-state index contributed by atoms with van der Waals surface area (Å²) in [6.07, 6.45) is 0. The standard InChI is InChI=1S/C24H21N3O3/c1-16-10-12-17(13-11-16)23-26-21-9-4-3-8-20(21)24(29)27(23)15-22(28)25-18-6-5-7-19(14-18)30-2/h3-14H,15H2,1-2H3,(H,25,28). The fourth-order valence-corrected chi connectivity index (χ4v) is 3.28. The SMILES string of the molecule is COc1cccc(NC(=O)Cn2c(-c3ccc(C)cc3)nc3ccccc3c2=O)c1. The van der Waals surface area contributed by atoms with Crippen LogP contribution in [0.5, 0.6) is 5.75 Å². The predicted octanol–water partition coefficient (Wildman–Crippen LogP) is 4.02. The molecule has 0 bridgehead atoms. The molecule has 1 amide bonds. The lowest BCUT2D eigenvalue weighted by atomic mass is 10.1. The number of ether oxygens (including phenoxy) is 1. The van der Waals surface area contributed by atoms with Crippen molar-refractivity contribution in [2.24, 2.45) is 0 Å². The molecule has 1 aromatic heterocycles. The number of fused-ring (bicyclic) bond motifs is 1. The van der Waals surface area contributed by atoms with E-state index in [0.29, 0.717) is 28.2 Å². The second kappa shape index (κ2) is 8.21. The van der Waals surface area contributed by atoms with Gasteiger partial charge in [0, 0.05) is 17.3 Å². The molecule has 3 aromatic carbocycles. The minimum atomic E-state index is -0.323. The van der Waals surface area contributed by atoms with Crippen molar-refractivity contribution in [3.63, 3.8) is 0 Å². The molecule has 0 atom stereocenters. The van der Waals surface area contributed by atoms with Crippen LogP contribution in [0.3, 0.4) is 0 Å². The number of carbonyl (C=O) groups excluding carboxylic acids is 1. The summed E-state index contributed by atoms with van der Waals surface area (Å²) >= 11 is 0. The molecule has 0 fully saturated rings. The van der Waals surface area contributed by atoms with Gasteiger partial charge < -0.3 is 10.1 Å². The Balaban J connectivity index is 1.75. The third kappa shape index (κ3) is 3.93. The molecular formula is C24H21N3O3. The minimum absolute atomic E-state index is 0.156. The van der Waals surface area contributed by atoms with Gasteiger partial charge in [0.2, 0.25) is 5.91 Å². The van der Waals surface area contributed by atoms with Crippen molar-refractivity contribution in [1.29, 1.82) is 0 Å². The summed E-state index contributed by atoms with van der Waals surface area (Å²) in [7, 11) is 1.56. The van der Waals surface area contributed by atoms with Gasteiger partial charge in [-0.1, -0.05) is 48.0 Å². The molecule has 0 aliphatic heterocycles. The Kier molecular flexibility index (Phi) is 5.30. The maximum Gasteiger partial charge on any atom is 0.262 e. The first-order valence-electron chi connectivity index (χ1n) is 9.55. The van der Waals surface area contributed by atoms with Gasteiger partial charge in [0.1, 0.15) is 18.1 Å². The van der Waals surface area contributed by atoms with E-state index in [1.807, 2.05) is 37.3 Å². The largest absolute Gasteiger partial charge is 0.497 e. The summed E-state index contributed by atoms with van der Waals surface area (Å²) in [5, 5.41) is 3.30. The first-order valence-corrected chi connectivity index (χ1v) is 9.55. The highest BCUT2D eigenvalue weighted by molar-refractivity contribution is 5.91. The molecule has 4 aromatic rings. The van der Waals surface area contributed by atoms with Gasteiger partial charge in [0.15, 0.2) is 0 Å². The van der Waals surface area contributed by atoms with E-state index in [-0.39, 0.29) is 18.0 Å². The molecular weight excluding hydrogens is 378 g/mol. The van der Waals surface area contributed by atoms with E-state index >= 15 is 0 Å². The highest BCUT2D eigenvalue weighted by Crippen LogP contribution is 2.20. The van der Waals surface area contributed by atoms with Crippen LogP contribution in [0.1, 0.15) is 5.56 Å². The van der Waals surface area contributed by atoms with E-state index < -0.39 is 0 Å². The van der Waals surface area contributed by atoms with Gasteiger partial charge >= 0.3 is 0 Å². The van der Waals surface area contributed by atoms with Crippen LogP contribution in [-0.4, -0.2) is 22.6 Å². The molecule has 0 aliphatic carbocycles. The Morgan fingerprint density at radius 2 is 1.80 bits per heavy atom. The molecule has 0 spiro atoms. The Morgan fingerprint density at radius 1 is 1.03 bits per heavy atom. The highest BCUT2D eigenvalue weighted by atomic mass is 16.5. The zero-order valence-electron chi connectivity index (χ0n) is 16.8. The van der Waals surface area contributed by atoms with Gasteiger partial charge in [-0.15, -0.1) is 0 Å². The maximum atomic E-state index is 13.2. The smallest absolute Gasteiger partial charge is 0.262 e. The van der Waals surface area contributed by atoms with Crippen LogP contribution in [0.4, 0.5) is 5.69 Å². The molecule has 0 radical (unpaired) electrons. The normalized spacial score (nSPS) is 10.7. The Hall–Kier alpha value is -3.93. The molecule has 150 valence electrons. The Bertz CT molecular complexity index is 1280. The van der Waals surface area contributed by atoms with Gasteiger partial charge in [-0.2, -0.15) is 0 Å². The fourth-order valence-electron chi connectivity index (χ4n) is 3.28. The highest BCUT2D eigenvalue weighted by Gasteiger charge is 2.15. The van der Waals surface area contributed by atoms with Crippen LogP contribution in [-0.2, 0) is 11.3 Å². The van der Waals surface area contributed by atoms with Crippen molar-refractivity contribution in [3.8, 4) is 17.1 Å². The van der Waals surface area contributed by atoms with E-state index in [0.717, 1.165) is 11.1 Å². The van der Waals surface area contributed by atoms with Crippen molar-refractivity contribution in [2.75, 3.05) is 12.4 Å². The van der Waals surface area contributed by atoms with Crippen molar-refractivity contribution >= 4 is 22.5 Å². The lowest BCUT2D eigenvalue weighted by molar-refractivity contribution is -0.116. The van der Waals surface area contributed by atoms with Crippen molar-refractivity contribution in [1.82, 2.24) is 9.55 Å². The summed E-state index contributed by atoms with van der Waals surface area (Å²) in [5.41, 5.74) is 2.82. The number of aryl methyl sites for hydroxylation is 1. The first-order chi connectivity index (χ1) is 14.5. The van der Waals surface area contributed by atoms with Crippen LogP contribution in [0.15, 0.2) is 77.6 Å². The summed E-state index contributed by atoms with van der Waals surface area (Å²) < 4.78 is 6.61. The van der Waals surface area contributed by atoms with Crippen LogP contribution >= 0.6 is 0 Å². The lowest BCUT2D eigenvalue weighted by Gasteiger charge is -2.14. The quantitative estimate of drug-likeness (QED) is 0.550. The van der Waals surface area contributed by atoms with Gasteiger partial charge in [0.25, 0.3) is 5.56 Å². The molecule has 4 rings (SSSR count). The lowest BCUT2D eigenvalue weighted by Crippen LogP contribution is -2.29. The monoisotopic (exact) mass is 399 g/mol. The number of hydrogen-bond donors (Lipinski definition) is 1. The molecule has 1 heterocycles. The number of nitrogens with zero attached hydrogens (tertiary/aromatic N) is 2. The van der Waals surface area contributed by atoms with Gasteiger partial charge in [-0.05, 0) is 31.2 Å². The van der Waals surface area contributed by atoms with Crippen molar-refractivity contribution in [3.05, 3.63) is 88.7 Å². The van der Waals surface area contributed by atoms with E-state index in [9.17, 15) is 9.59 Å². The molecule has 0 saturated heterocycles. The number of nitrogens with one attached hydrogen (secondary N) is 1. The Morgan fingerprint density at radius 3 is 2.57 bits per heavy atom. The van der Waals surface area contributed by atoms with Crippen molar-refractivity contribution < 1.29 is 9.53 Å². The molecule has 0 saturated carbocycles. The number of hydrogen-bond acceptors (Lipinski definition) is 4. The third-order valence-electron chi connectivity index (χ3n) is 4.83. The van der Waals surface area contributed by atoms with E-state index in [1.54, 1.807) is 49.6 Å². The number of benzene rings is 3. The Labute approximate surface area is 173 Å². The third-order valence-corrected chi connectivity index (χ3v) is 4.83. The van der Waals surface area contributed by atoms with E-state index in [4.69, 9.17) is 4.74 Å². The maximum absolute atomic E-state index is 13.2. The van der Waals surface area contributed by atoms with E-state index in [1.165, 1.54) is 4.57 Å². The zero-order chi connectivity index (χ0) is 21.1. The molecule has 6 nitrogen and oxygen atoms in total. The average Bonchev–Trinajstić information content (AvgIpc) is 2.76. The van der Waals surface area contributed by atoms with Gasteiger partial charge in [-0.3, -0.25) is 14.2 Å². The summed E-state index contributed by atoms with van der Waals surface area (Å²) in [5.74, 6) is 0.771. The first kappa shape index (κ1) is 19.4. The topological polar surface area (TPSA) is 73.2 Å². The average molecular weight is 399 g/mol. The van der Waals surface area contributed by atoms with Gasteiger partial charge in [0.05, 0.1) is 18.0 Å². The summed E-state index contributed by atoms with van der Waals surface area (Å²) in [6, 6.07) is 21.9. The zero-order valence-corrected chi connectivity index (χ0v) is 16.8.